The second kappa shape index (κ2) is 8.75. The molecule has 0 saturated carbocycles. The summed E-state index contributed by atoms with van der Waals surface area (Å²) < 4.78 is 4.03. The number of oxime groups is 1. The van der Waals surface area contributed by atoms with Gasteiger partial charge < -0.3 is 26.3 Å². The van der Waals surface area contributed by atoms with Gasteiger partial charge in [0.25, 0.3) is 11.8 Å². The Hall–Kier alpha value is -2.71. The number of carboxylic acids is 1. The number of rotatable bonds is 8. The van der Waals surface area contributed by atoms with Gasteiger partial charge in [-0.15, -0.1) is 11.8 Å². The van der Waals surface area contributed by atoms with Crippen LogP contribution in [0.1, 0.15) is 13.3 Å². The van der Waals surface area contributed by atoms with Gasteiger partial charge in [0.15, 0.2) is 0 Å². The van der Waals surface area contributed by atoms with E-state index in [9.17, 15) is 19.5 Å². The third-order valence-corrected chi connectivity index (χ3v) is 6.16. The van der Waals surface area contributed by atoms with Crippen LogP contribution in [-0.4, -0.2) is 73.2 Å². The van der Waals surface area contributed by atoms with E-state index >= 15 is 0 Å². The van der Waals surface area contributed by atoms with Crippen LogP contribution in [0.25, 0.3) is 0 Å². The van der Waals surface area contributed by atoms with Crippen LogP contribution in [0.3, 0.4) is 0 Å². The summed E-state index contributed by atoms with van der Waals surface area (Å²) in [6.07, 6.45) is 2.81. The Morgan fingerprint density at radius 2 is 2.28 bits per heavy atom. The molecule has 12 nitrogen and oxygen atoms in total. The highest BCUT2D eigenvalue weighted by Gasteiger charge is 2.55. The molecule has 0 aromatic carbocycles. The van der Waals surface area contributed by atoms with Gasteiger partial charge in [-0.1, -0.05) is 5.16 Å². The van der Waals surface area contributed by atoms with Gasteiger partial charge in [0.2, 0.25) is 11.1 Å². The molecule has 156 valence electrons. The molecule has 3 rings (SSSR count). The molecule has 29 heavy (non-hydrogen) atoms. The number of carbonyl (C=O) groups is 3. The summed E-state index contributed by atoms with van der Waals surface area (Å²) in [5, 5.41) is 12.2. The number of hydrogen-bond donors (Lipinski definition) is 3. The monoisotopic (exact) mass is 441 g/mol. The second-order valence-electron chi connectivity index (χ2n) is 6.10. The lowest BCUT2D eigenvalue weighted by molar-refractivity contribution is -0.142. The number of aliphatic carboxylic acids is 1. The summed E-state index contributed by atoms with van der Waals surface area (Å²) in [5.41, 5.74) is 11.1. The van der Waals surface area contributed by atoms with E-state index in [2.05, 4.69) is 14.5 Å². The number of anilines is 2. The zero-order chi connectivity index (χ0) is 21.1. The van der Waals surface area contributed by atoms with Crippen molar-refractivity contribution in [2.45, 2.75) is 30.0 Å². The van der Waals surface area contributed by atoms with Crippen molar-refractivity contribution >= 4 is 58.4 Å². The van der Waals surface area contributed by atoms with E-state index in [0.717, 1.165) is 22.6 Å². The summed E-state index contributed by atoms with van der Waals surface area (Å²) in [5.74, 6) is -2.23. The van der Waals surface area contributed by atoms with Crippen molar-refractivity contribution in [1.29, 1.82) is 0 Å². The van der Waals surface area contributed by atoms with Crippen molar-refractivity contribution in [3.8, 4) is 0 Å². The Labute approximate surface area is 173 Å². The zero-order valence-electron chi connectivity index (χ0n) is 15.3. The van der Waals surface area contributed by atoms with Crippen molar-refractivity contribution in [3.63, 3.8) is 0 Å². The minimum Gasteiger partial charge on any atom is -0.478 e. The molecule has 1 aromatic rings. The Bertz CT molecular complexity index is 873. The highest BCUT2D eigenvalue weighted by Crippen LogP contribution is 2.43. The van der Waals surface area contributed by atoms with Crippen molar-refractivity contribution in [1.82, 2.24) is 14.3 Å². The van der Waals surface area contributed by atoms with Gasteiger partial charge in [0.1, 0.15) is 24.2 Å². The molecule has 2 aliphatic heterocycles. The van der Waals surface area contributed by atoms with Crippen molar-refractivity contribution in [3.05, 3.63) is 11.8 Å². The molecule has 2 aliphatic rings. The summed E-state index contributed by atoms with van der Waals surface area (Å²) >= 11 is 2.14. The first kappa shape index (κ1) is 21.0. The zero-order valence-corrected chi connectivity index (χ0v) is 16.9. The average Bonchev–Trinajstić information content (AvgIpc) is 3.10. The number of hydrogen-bond acceptors (Lipinski definition) is 11. The quantitative estimate of drug-likeness (QED) is 0.205. The Balaban J connectivity index is 1.84. The minimum absolute atomic E-state index is 0.0230. The molecule has 2 unspecified atom stereocenters. The topological polar surface area (TPSA) is 177 Å². The predicted octanol–water partition coefficient (Wildman–Crippen LogP) is -0.555. The normalized spacial score (nSPS) is 23.4. The molecule has 3 heterocycles. The average molecular weight is 441 g/mol. The van der Waals surface area contributed by atoms with Gasteiger partial charge in [0.05, 0.1) is 5.57 Å². The van der Waals surface area contributed by atoms with E-state index in [1.165, 1.54) is 22.9 Å². The summed E-state index contributed by atoms with van der Waals surface area (Å²) in [6.45, 7) is 2.39. The van der Waals surface area contributed by atoms with Crippen molar-refractivity contribution in [2.75, 3.05) is 23.8 Å². The summed E-state index contributed by atoms with van der Waals surface area (Å²) in [7, 11) is 0. The molecule has 1 fully saturated rings. The fourth-order valence-electron chi connectivity index (χ4n) is 2.78. The number of thioether (sulfide) groups is 1. The lowest BCUT2D eigenvalue weighted by Crippen LogP contribution is -2.70. The number of aromatic nitrogens is 2. The number of carboxylic acid groups (broad SMARTS) is 1. The Morgan fingerprint density at radius 1 is 1.52 bits per heavy atom. The summed E-state index contributed by atoms with van der Waals surface area (Å²) in [4.78, 5) is 48.2. The van der Waals surface area contributed by atoms with Crippen LogP contribution in [0.4, 0.5) is 11.1 Å². The summed E-state index contributed by atoms with van der Waals surface area (Å²) in [6, 6.07) is -0.925. The van der Waals surface area contributed by atoms with Gasteiger partial charge in [-0.3, -0.25) is 14.5 Å². The maximum Gasteiger partial charge on any atom is 0.334 e. The van der Waals surface area contributed by atoms with Crippen LogP contribution in [0.5, 0.6) is 0 Å². The van der Waals surface area contributed by atoms with Crippen LogP contribution >= 0.6 is 23.3 Å². The Morgan fingerprint density at radius 3 is 2.90 bits per heavy atom. The first-order chi connectivity index (χ1) is 13.8. The number of nitrogen functional groups attached to an aromatic ring is 1. The highest BCUT2D eigenvalue weighted by molar-refractivity contribution is 8.00. The largest absolute Gasteiger partial charge is 0.478 e. The third kappa shape index (κ3) is 4.18. The Kier molecular flexibility index (Phi) is 6.34. The molecule has 1 aromatic heterocycles. The fraction of sp³-hybridized carbons (Fsp3) is 0.467. The highest BCUT2D eigenvalue weighted by atomic mass is 32.2. The van der Waals surface area contributed by atoms with Gasteiger partial charge >= 0.3 is 5.97 Å². The first-order valence-corrected chi connectivity index (χ1v) is 10.3. The van der Waals surface area contributed by atoms with Gasteiger partial charge in [-0.2, -0.15) is 9.36 Å². The van der Waals surface area contributed by atoms with Crippen LogP contribution in [0.2, 0.25) is 0 Å². The maximum atomic E-state index is 12.8. The number of carbonyl (C=O) groups excluding carboxylic acids is 2. The van der Waals surface area contributed by atoms with Gasteiger partial charge in [0, 0.05) is 23.0 Å². The second-order valence-corrected chi connectivity index (χ2v) is 8.35. The number of β-lactam (4-membered cyclic amide) rings is 1. The van der Waals surface area contributed by atoms with Crippen LogP contribution in [-0.2, 0) is 19.2 Å². The molecule has 3 atom stereocenters. The molecule has 0 spiro atoms. The lowest BCUT2D eigenvalue weighted by Gasteiger charge is -2.50. The molecule has 0 aliphatic carbocycles. The SMILES string of the molecule is CC1S[C@@H]2C(N(C(=O)C=NOCCCN)c3nsc(N)n3)C(=O)N2C=C1C(=O)O. The standard InChI is InChI=1S/C15H19N7O5S2/c1-7-8(13(25)26)6-21-11(24)10(12(21)28-7)22(15-19-14(17)29-20-15)9(23)5-18-27-4-2-3-16/h5-7,10,12H,2-4,16H2,1H3,(H,25,26)(H2,17,19,20)/t7?,10?,12-/m1/s1. The minimum atomic E-state index is -1.09. The number of fused-ring (bicyclic) bond motifs is 1. The van der Waals surface area contributed by atoms with Crippen molar-refractivity contribution < 1.29 is 24.3 Å². The predicted molar refractivity (Wildman–Crippen MR) is 107 cm³/mol. The van der Waals surface area contributed by atoms with E-state index in [1.807, 2.05) is 0 Å². The fourth-order valence-corrected chi connectivity index (χ4v) is 4.62. The van der Waals surface area contributed by atoms with E-state index in [1.54, 1.807) is 6.92 Å². The van der Waals surface area contributed by atoms with Crippen LogP contribution in [0, 0.1) is 0 Å². The molecule has 0 bridgehead atoms. The van der Waals surface area contributed by atoms with E-state index < -0.39 is 29.2 Å². The van der Waals surface area contributed by atoms with E-state index in [4.69, 9.17) is 16.3 Å². The molecular weight excluding hydrogens is 422 g/mol. The van der Waals surface area contributed by atoms with E-state index in [0.29, 0.717) is 13.0 Å². The van der Waals surface area contributed by atoms with Gasteiger partial charge in [-0.05, 0) is 19.9 Å². The van der Waals surface area contributed by atoms with Crippen LogP contribution < -0.4 is 16.4 Å². The number of nitrogens with zero attached hydrogens (tertiary/aromatic N) is 5. The molecule has 1 saturated heterocycles. The molecular formula is C15H19N7O5S2. The number of amides is 2. The first-order valence-electron chi connectivity index (χ1n) is 8.55. The third-order valence-electron chi connectivity index (χ3n) is 4.20. The van der Waals surface area contributed by atoms with Gasteiger partial charge in [-0.25, -0.2) is 4.79 Å². The maximum absolute atomic E-state index is 12.8. The van der Waals surface area contributed by atoms with Crippen LogP contribution in [0.15, 0.2) is 16.9 Å². The molecule has 2 amide bonds. The molecule has 14 heteroatoms. The lowest BCUT2D eigenvalue weighted by atomic mass is 10.0. The van der Waals surface area contributed by atoms with Crippen molar-refractivity contribution in [2.24, 2.45) is 10.9 Å². The molecule has 5 N–H and O–H groups in total. The molecule has 0 radical (unpaired) electrons. The smallest absolute Gasteiger partial charge is 0.334 e. The van der Waals surface area contributed by atoms with E-state index in [-0.39, 0.29) is 28.5 Å². The number of nitrogens with two attached hydrogens (primary N) is 2.